The lowest BCUT2D eigenvalue weighted by atomic mass is 10.1. The monoisotopic (exact) mass is 403 g/mol. The number of halogens is 1. The third kappa shape index (κ3) is 4.85. The molecule has 2 amide bonds. The molecule has 0 aromatic heterocycles. The van der Waals surface area contributed by atoms with Crippen molar-refractivity contribution in [3.8, 4) is 0 Å². The Labute approximate surface area is 166 Å². The van der Waals surface area contributed by atoms with Crippen molar-refractivity contribution < 1.29 is 19.2 Å². The maximum Gasteiger partial charge on any atom is 0.270 e. The Morgan fingerprint density at radius 2 is 1.82 bits per heavy atom. The lowest BCUT2D eigenvalue weighted by Crippen LogP contribution is -2.41. The van der Waals surface area contributed by atoms with Gasteiger partial charge >= 0.3 is 0 Å². The number of nitrogens with one attached hydrogen (secondary N) is 1. The first-order valence-corrected chi connectivity index (χ1v) is 9.01. The first kappa shape index (κ1) is 19.8. The molecule has 1 N–H and O–H groups in total. The summed E-state index contributed by atoms with van der Waals surface area (Å²) in [6.45, 7) is 2.29. The average molecular weight is 404 g/mol. The maximum atomic E-state index is 12.4. The second-order valence-electron chi connectivity index (χ2n) is 6.24. The number of nitro benzene ring substituents is 1. The third-order valence-corrected chi connectivity index (χ3v) is 4.67. The summed E-state index contributed by atoms with van der Waals surface area (Å²) in [5.41, 5.74) is 1.12. The van der Waals surface area contributed by atoms with E-state index in [4.69, 9.17) is 16.3 Å². The number of carbonyl (C=O) groups is 2. The summed E-state index contributed by atoms with van der Waals surface area (Å²) in [6, 6.07) is 10.5. The summed E-state index contributed by atoms with van der Waals surface area (Å²) in [5, 5.41) is 13.7. The molecular weight excluding hydrogens is 386 g/mol. The highest BCUT2D eigenvalue weighted by Crippen LogP contribution is 2.23. The molecule has 2 aromatic carbocycles. The smallest absolute Gasteiger partial charge is 0.270 e. The van der Waals surface area contributed by atoms with Crippen molar-refractivity contribution in [2.24, 2.45) is 0 Å². The molecule has 1 heterocycles. The fraction of sp³-hybridized carbons (Fsp3) is 0.263. The van der Waals surface area contributed by atoms with Gasteiger partial charge in [0.15, 0.2) is 0 Å². The van der Waals surface area contributed by atoms with E-state index in [0.717, 1.165) is 11.6 Å². The predicted molar refractivity (Wildman–Crippen MR) is 104 cm³/mol. The van der Waals surface area contributed by atoms with Crippen LogP contribution < -0.4 is 5.32 Å². The van der Waals surface area contributed by atoms with Gasteiger partial charge in [-0.3, -0.25) is 19.7 Å². The summed E-state index contributed by atoms with van der Waals surface area (Å²) in [7, 11) is 0. The average Bonchev–Trinajstić information content (AvgIpc) is 2.70. The Hall–Kier alpha value is -2.97. The van der Waals surface area contributed by atoms with Crippen LogP contribution in [-0.2, 0) is 16.0 Å². The largest absolute Gasteiger partial charge is 0.378 e. The number of ether oxygens (including phenoxy) is 1. The minimum atomic E-state index is -0.590. The number of nitrogens with zero attached hydrogens (tertiary/aromatic N) is 2. The lowest BCUT2D eigenvalue weighted by Gasteiger charge is -2.26. The molecule has 0 bridgehead atoms. The zero-order chi connectivity index (χ0) is 20.1. The number of anilines is 1. The van der Waals surface area contributed by atoms with Gasteiger partial charge in [-0.15, -0.1) is 0 Å². The van der Waals surface area contributed by atoms with Gasteiger partial charge in [0.25, 0.3) is 11.6 Å². The van der Waals surface area contributed by atoms with Crippen molar-refractivity contribution in [2.75, 3.05) is 31.6 Å². The molecule has 0 radical (unpaired) electrons. The lowest BCUT2D eigenvalue weighted by molar-refractivity contribution is -0.384. The number of rotatable bonds is 5. The van der Waals surface area contributed by atoms with E-state index >= 15 is 0 Å². The maximum absolute atomic E-state index is 12.4. The van der Waals surface area contributed by atoms with E-state index in [0.29, 0.717) is 32.0 Å². The highest BCUT2D eigenvalue weighted by molar-refractivity contribution is 6.34. The van der Waals surface area contributed by atoms with Gasteiger partial charge < -0.3 is 15.0 Å². The number of hydrogen-bond acceptors (Lipinski definition) is 5. The summed E-state index contributed by atoms with van der Waals surface area (Å²) >= 11 is 5.98. The zero-order valence-corrected chi connectivity index (χ0v) is 15.6. The molecule has 1 saturated heterocycles. The fourth-order valence-corrected chi connectivity index (χ4v) is 3.01. The number of non-ortho nitro benzene ring substituents is 1. The molecular formula is C19H18ClN3O5. The highest BCUT2D eigenvalue weighted by atomic mass is 35.5. The molecule has 0 aliphatic carbocycles. The molecule has 0 unspecified atom stereocenters. The topological polar surface area (TPSA) is 102 Å². The SMILES string of the molecule is O=C(Nc1ccc(CC(=O)N2CCOCC2)cc1)c1cc([N+](=O)[O-])ccc1Cl. The molecule has 0 spiro atoms. The van der Waals surface area contributed by atoms with E-state index < -0.39 is 10.8 Å². The Morgan fingerprint density at radius 1 is 1.14 bits per heavy atom. The molecule has 146 valence electrons. The second kappa shape index (κ2) is 8.81. The van der Waals surface area contributed by atoms with Crippen LogP contribution in [0.3, 0.4) is 0 Å². The molecule has 1 fully saturated rings. The first-order chi connectivity index (χ1) is 13.4. The standard InChI is InChI=1S/C19H18ClN3O5/c20-17-6-5-15(23(26)27)12-16(17)19(25)21-14-3-1-13(2-4-14)11-18(24)22-7-9-28-10-8-22/h1-6,12H,7-11H2,(H,21,25). The van der Waals surface area contributed by atoms with E-state index in [-0.39, 0.29) is 28.6 Å². The number of nitro groups is 1. The number of benzene rings is 2. The van der Waals surface area contributed by atoms with Crippen LogP contribution in [0.5, 0.6) is 0 Å². The fourth-order valence-electron chi connectivity index (χ4n) is 2.80. The normalized spacial score (nSPS) is 13.8. The quantitative estimate of drug-likeness (QED) is 0.611. The molecule has 1 aliphatic rings. The van der Waals surface area contributed by atoms with Gasteiger partial charge in [-0.25, -0.2) is 0 Å². The molecule has 9 heteroatoms. The van der Waals surface area contributed by atoms with E-state index in [2.05, 4.69) is 5.32 Å². The molecule has 1 aliphatic heterocycles. The van der Waals surface area contributed by atoms with E-state index in [1.54, 1.807) is 29.2 Å². The second-order valence-corrected chi connectivity index (χ2v) is 6.65. The predicted octanol–water partition coefficient (Wildman–Crippen LogP) is 2.90. The molecule has 0 atom stereocenters. The Bertz CT molecular complexity index is 895. The van der Waals surface area contributed by atoms with Crippen molar-refractivity contribution >= 4 is 34.8 Å². The summed E-state index contributed by atoms with van der Waals surface area (Å²) in [4.78, 5) is 36.7. The minimum absolute atomic E-state index is 0.0161. The van der Waals surface area contributed by atoms with Crippen LogP contribution in [0.2, 0.25) is 5.02 Å². The van der Waals surface area contributed by atoms with Gasteiger partial charge in [0.2, 0.25) is 5.91 Å². The number of amides is 2. The Balaban J connectivity index is 1.64. The van der Waals surface area contributed by atoms with Crippen molar-refractivity contribution in [1.29, 1.82) is 0 Å². The minimum Gasteiger partial charge on any atom is -0.378 e. The third-order valence-electron chi connectivity index (χ3n) is 4.34. The molecule has 8 nitrogen and oxygen atoms in total. The van der Waals surface area contributed by atoms with Crippen LogP contribution in [-0.4, -0.2) is 47.9 Å². The highest BCUT2D eigenvalue weighted by Gasteiger charge is 2.18. The summed E-state index contributed by atoms with van der Waals surface area (Å²) in [5.74, 6) is -0.519. The molecule has 0 saturated carbocycles. The van der Waals surface area contributed by atoms with Crippen LogP contribution in [0.1, 0.15) is 15.9 Å². The van der Waals surface area contributed by atoms with Crippen LogP contribution in [0, 0.1) is 10.1 Å². The van der Waals surface area contributed by atoms with Crippen LogP contribution in [0.4, 0.5) is 11.4 Å². The van der Waals surface area contributed by atoms with Gasteiger partial charge in [0.1, 0.15) is 0 Å². The van der Waals surface area contributed by atoms with Crippen LogP contribution in [0.25, 0.3) is 0 Å². The summed E-state index contributed by atoms with van der Waals surface area (Å²) in [6.07, 6.45) is 0.269. The van der Waals surface area contributed by atoms with Crippen LogP contribution in [0.15, 0.2) is 42.5 Å². The Morgan fingerprint density at radius 3 is 2.46 bits per heavy atom. The Kier molecular flexibility index (Phi) is 6.23. The van der Waals surface area contributed by atoms with Gasteiger partial charge in [-0.05, 0) is 23.8 Å². The van der Waals surface area contributed by atoms with Gasteiger partial charge in [-0.1, -0.05) is 23.7 Å². The molecule has 3 rings (SSSR count). The van der Waals surface area contributed by atoms with Gasteiger partial charge in [0, 0.05) is 30.9 Å². The number of hydrogen-bond donors (Lipinski definition) is 1. The van der Waals surface area contributed by atoms with Crippen molar-refractivity contribution in [2.45, 2.75) is 6.42 Å². The number of carbonyl (C=O) groups excluding carboxylic acids is 2. The van der Waals surface area contributed by atoms with Crippen LogP contribution >= 0.6 is 11.6 Å². The molecule has 28 heavy (non-hydrogen) atoms. The zero-order valence-electron chi connectivity index (χ0n) is 14.9. The van der Waals surface area contributed by atoms with E-state index in [9.17, 15) is 19.7 Å². The van der Waals surface area contributed by atoms with Crippen molar-refractivity contribution in [3.05, 3.63) is 68.7 Å². The van der Waals surface area contributed by atoms with Crippen molar-refractivity contribution in [3.63, 3.8) is 0 Å². The summed E-state index contributed by atoms with van der Waals surface area (Å²) < 4.78 is 5.24. The van der Waals surface area contributed by atoms with E-state index in [1.807, 2.05) is 0 Å². The van der Waals surface area contributed by atoms with E-state index in [1.165, 1.54) is 12.1 Å². The van der Waals surface area contributed by atoms with Crippen molar-refractivity contribution in [1.82, 2.24) is 4.90 Å². The van der Waals surface area contributed by atoms with Gasteiger partial charge in [0.05, 0.1) is 35.1 Å². The van der Waals surface area contributed by atoms with Gasteiger partial charge in [-0.2, -0.15) is 0 Å². The number of morpholine rings is 1. The first-order valence-electron chi connectivity index (χ1n) is 8.64. The molecule has 2 aromatic rings.